The van der Waals surface area contributed by atoms with Gasteiger partial charge < -0.3 is 20.1 Å². The maximum absolute atomic E-state index is 12.0. The molecule has 1 unspecified atom stereocenters. The van der Waals surface area contributed by atoms with Crippen LogP contribution in [-0.2, 0) is 4.74 Å². The average Bonchev–Trinajstić information content (AvgIpc) is 2.68. The molecule has 1 aromatic carbocycles. The van der Waals surface area contributed by atoms with Gasteiger partial charge in [-0.15, -0.1) is 0 Å². The zero-order valence-electron chi connectivity index (χ0n) is 10.6. The Morgan fingerprint density at radius 3 is 2.42 bits per heavy atom. The van der Waals surface area contributed by atoms with E-state index in [0.29, 0.717) is 5.56 Å². The summed E-state index contributed by atoms with van der Waals surface area (Å²) in [5.74, 6) is -0.164. The minimum absolute atomic E-state index is 0.0224. The molecule has 0 radical (unpaired) electrons. The second-order valence-corrected chi connectivity index (χ2v) is 4.85. The minimum atomic E-state index is -1.17. The Hall–Kier alpha value is -1.27. The molecule has 1 saturated heterocycles. The summed E-state index contributed by atoms with van der Waals surface area (Å²) in [5, 5.41) is 29.0. The Morgan fingerprint density at radius 2 is 1.89 bits per heavy atom. The Kier molecular flexibility index (Phi) is 4.31. The van der Waals surface area contributed by atoms with Gasteiger partial charge in [0.1, 0.15) is 18.3 Å². The molecule has 0 spiro atoms. The van der Waals surface area contributed by atoms with Gasteiger partial charge in [-0.1, -0.05) is 30.3 Å². The third kappa shape index (κ3) is 3.01. The molecule has 1 aliphatic heterocycles. The lowest BCUT2D eigenvalue weighted by Crippen LogP contribution is -2.37. The quantitative estimate of drug-likeness (QED) is 0.674. The maximum Gasteiger partial charge on any atom is 0.165 e. The van der Waals surface area contributed by atoms with E-state index in [0.717, 1.165) is 0 Å². The third-order valence-electron chi connectivity index (χ3n) is 3.36. The molecule has 0 bridgehead atoms. The van der Waals surface area contributed by atoms with Gasteiger partial charge in [0.15, 0.2) is 5.78 Å². The van der Waals surface area contributed by atoms with E-state index < -0.39 is 30.5 Å². The molecule has 5 heteroatoms. The van der Waals surface area contributed by atoms with Crippen molar-refractivity contribution in [3.8, 4) is 0 Å². The van der Waals surface area contributed by atoms with Crippen LogP contribution >= 0.6 is 0 Å². The molecule has 19 heavy (non-hydrogen) atoms. The fourth-order valence-electron chi connectivity index (χ4n) is 2.27. The van der Waals surface area contributed by atoms with Crippen molar-refractivity contribution < 1.29 is 24.9 Å². The van der Waals surface area contributed by atoms with E-state index in [-0.39, 0.29) is 12.2 Å². The van der Waals surface area contributed by atoms with E-state index in [4.69, 9.17) is 4.74 Å². The molecule has 1 aromatic rings. The van der Waals surface area contributed by atoms with Crippen LogP contribution in [0.25, 0.3) is 0 Å². The topological polar surface area (TPSA) is 87.0 Å². The maximum atomic E-state index is 12.0. The normalized spacial score (nSPS) is 32.2. The van der Waals surface area contributed by atoms with E-state index in [1.54, 1.807) is 24.3 Å². The van der Waals surface area contributed by atoms with Crippen molar-refractivity contribution in [2.45, 2.75) is 43.9 Å². The number of benzene rings is 1. The summed E-state index contributed by atoms with van der Waals surface area (Å²) >= 11 is 0. The van der Waals surface area contributed by atoms with E-state index in [1.807, 2.05) is 6.07 Å². The smallest absolute Gasteiger partial charge is 0.165 e. The van der Waals surface area contributed by atoms with Gasteiger partial charge in [-0.3, -0.25) is 4.79 Å². The molecule has 3 N–H and O–H groups in total. The summed E-state index contributed by atoms with van der Waals surface area (Å²) in [4.78, 5) is 12.0. The van der Waals surface area contributed by atoms with Gasteiger partial charge in [0.25, 0.3) is 0 Å². The van der Waals surface area contributed by atoms with Crippen LogP contribution in [0.5, 0.6) is 0 Å². The van der Waals surface area contributed by atoms with Crippen LogP contribution in [0.4, 0.5) is 0 Å². The first-order valence-electron chi connectivity index (χ1n) is 6.28. The van der Waals surface area contributed by atoms with Crippen molar-refractivity contribution in [2.24, 2.45) is 0 Å². The number of carbonyl (C=O) groups is 1. The molecule has 2 rings (SSSR count). The van der Waals surface area contributed by atoms with E-state index in [2.05, 4.69) is 0 Å². The first-order chi connectivity index (χ1) is 9.00. The van der Waals surface area contributed by atoms with Crippen molar-refractivity contribution in [1.29, 1.82) is 0 Å². The summed E-state index contributed by atoms with van der Waals surface area (Å²) in [6.45, 7) is 1.47. The van der Waals surface area contributed by atoms with Crippen LogP contribution in [0, 0.1) is 0 Å². The Bertz CT molecular complexity index is 431. The molecule has 5 atom stereocenters. The number of aliphatic hydroxyl groups is 3. The zero-order valence-corrected chi connectivity index (χ0v) is 10.6. The number of ketones is 1. The first-order valence-corrected chi connectivity index (χ1v) is 6.28. The molecule has 104 valence electrons. The molecular formula is C14H18O5. The van der Waals surface area contributed by atoms with Crippen LogP contribution < -0.4 is 0 Å². The summed E-state index contributed by atoms with van der Waals surface area (Å²) in [7, 11) is 0. The van der Waals surface area contributed by atoms with Crippen molar-refractivity contribution >= 4 is 5.78 Å². The lowest BCUT2D eigenvalue weighted by atomic mass is 9.99. The SMILES string of the molecule is C[C@H](O)C1O[C@@H](CC(=O)c2ccccc2)[C@@H](O)[C@@H]1O. The highest BCUT2D eigenvalue weighted by Gasteiger charge is 2.45. The Labute approximate surface area is 111 Å². The third-order valence-corrected chi connectivity index (χ3v) is 3.36. The number of aliphatic hydroxyl groups excluding tert-OH is 3. The minimum Gasteiger partial charge on any atom is -0.391 e. The summed E-state index contributed by atoms with van der Waals surface area (Å²) in [6, 6.07) is 8.70. The zero-order chi connectivity index (χ0) is 14.0. The van der Waals surface area contributed by atoms with E-state index >= 15 is 0 Å². The highest BCUT2D eigenvalue weighted by molar-refractivity contribution is 5.96. The number of rotatable bonds is 4. The molecule has 0 aromatic heterocycles. The standard InChI is InChI=1S/C14H18O5/c1-8(15)14-13(18)12(17)11(19-14)7-10(16)9-5-3-2-4-6-9/h2-6,8,11-15,17-18H,7H2,1H3/t8-,11-,12+,13-,14?/m0/s1. The van der Waals surface area contributed by atoms with Crippen molar-refractivity contribution in [3.05, 3.63) is 35.9 Å². The average molecular weight is 266 g/mol. The second kappa shape index (κ2) is 5.79. The highest BCUT2D eigenvalue weighted by atomic mass is 16.6. The van der Waals surface area contributed by atoms with Crippen molar-refractivity contribution in [3.63, 3.8) is 0 Å². The van der Waals surface area contributed by atoms with E-state index in [1.165, 1.54) is 6.92 Å². The molecule has 5 nitrogen and oxygen atoms in total. The molecule has 1 heterocycles. The van der Waals surface area contributed by atoms with Gasteiger partial charge in [-0.25, -0.2) is 0 Å². The van der Waals surface area contributed by atoms with Gasteiger partial charge >= 0.3 is 0 Å². The lowest BCUT2D eigenvalue weighted by molar-refractivity contribution is -0.0579. The molecule has 1 aliphatic rings. The van der Waals surface area contributed by atoms with Gasteiger partial charge in [0.2, 0.25) is 0 Å². The monoisotopic (exact) mass is 266 g/mol. The fraction of sp³-hybridized carbons (Fsp3) is 0.500. The van der Waals surface area contributed by atoms with Crippen LogP contribution in [0.3, 0.4) is 0 Å². The largest absolute Gasteiger partial charge is 0.391 e. The highest BCUT2D eigenvalue weighted by Crippen LogP contribution is 2.26. The molecule has 0 amide bonds. The summed E-state index contributed by atoms with van der Waals surface area (Å²) < 4.78 is 5.37. The predicted octanol–water partition coefficient (Wildman–Crippen LogP) is 0.129. The Morgan fingerprint density at radius 1 is 1.26 bits per heavy atom. The van der Waals surface area contributed by atoms with Gasteiger partial charge in [-0.05, 0) is 6.92 Å². The van der Waals surface area contributed by atoms with Gasteiger partial charge in [0.05, 0.1) is 12.2 Å². The summed E-state index contributed by atoms with van der Waals surface area (Å²) in [6.07, 6.45) is -4.90. The number of hydrogen-bond donors (Lipinski definition) is 3. The number of carbonyl (C=O) groups excluding carboxylic acids is 1. The second-order valence-electron chi connectivity index (χ2n) is 4.85. The van der Waals surface area contributed by atoms with Crippen molar-refractivity contribution in [2.75, 3.05) is 0 Å². The summed E-state index contributed by atoms with van der Waals surface area (Å²) in [5.41, 5.74) is 0.535. The molecule has 0 saturated carbocycles. The lowest BCUT2D eigenvalue weighted by Gasteiger charge is -2.16. The van der Waals surface area contributed by atoms with Crippen LogP contribution in [0.1, 0.15) is 23.7 Å². The van der Waals surface area contributed by atoms with Crippen LogP contribution in [-0.4, -0.2) is 51.6 Å². The number of ether oxygens (including phenoxy) is 1. The molecule has 1 fully saturated rings. The molecular weight excluding hydrogens is 248 g/mol. The number of hydrogen-bond acceptors (Lipinski definition) is 5. The van der Waals surface area contributed by atoms with Crippen LogP contribution in [0.15, 0.2) is 30.3 Å². The van der Waals surface area contributed by atoms with E-state index in [9.17, 15) is 20.1 Å². The Balaban J connectivity index is 2.02. The van der Waals surface area contributed by atoms with Crippen molar-refractivity contribution in [1.82, 2.24) is 0 Å². The van der Waals surface area contributed by atoms with Gasteiger partial charge in [0, 0.05) is 12.0 Å². The first kappa shape index (κ1) is 14.1. The predicted molar refractivity (Wildman–Crippen MR) is 67.7 cm³/mol. The van der Waals surface area contributed by atoms with Crippen LogP contribution in [0.2, 0.25) is 0 Å². The molecule has 0 aliphatic carbocycles. The number of Topliss-reactive ketones (excluding diaryl/α,β-unsaturated/α-hetero) is 1. The van der Waals surface area contributed by atoms with Gasteiger partial charge in [-0.2, -0.15) is 0 Å². The fourth-order valence-corrected chi connectivity index (χ4v) is 2.27.